The molecule has 0 aliphatic heterocycles. The summed E-state index contributed by atoms with van der Waals surface area (Å²) in [6.45, 7) is 0.609. The molecule has 2 heterocycles. The molecule has 0 bridgehead atoms. The molecule has 0 unspecified atom stereocenters. The van der Waals surface area contributed by atoms with Crippen LogP contribution in [0.15, 0.2) is 109 Å². The van der Waals surface area contributed by atoms with Gasteiger partial charge in [-0.15, -0.1) is 0 Å². The van der Waals surface area contributed by atoms with Crippen LogP contribution in [0.2, 0.25) is 4.34 Å². The number of aromatic nitrogens is 2. The molecule has 0 radical (unpaired) electrons. The summed E-state index contributed by atoms with van der Waals surface area (Å²) >= 11 is 7.70. The van der Waals surface area contributed by atoms with E-state index in [0.717, 1.165) is 11.1 Å². The molecule has 0 aliphatic rings. The Balaban J connectivity index is 1.35. The van der Waals surface area contributed by atoms with Gasteiger partial charge >= 0.3 is 6.03 Å². The van der Waals surface area contributed by atoms with Crippen molar-refractivity contribution in [3.8, 4) is 11.3 Å². The van der Waals surface area contributed by atoms with Crippen LogP contribution in [-0.4, -0.2) is 31.0 Å². The molecule has 0 saturated carbocycles. The summed E-state index contributed by atoms with van der Waals surface area (Å²) < 4.78 is 24.4. The van der Waals surface area contributed by atoms with Crippen molar-refractivity contribution in [1.29, 1.82) is 0 Å². The van der Waals surface area contributed by atoms with Crippen molar-refractivity contribution < 1.29 is 13.2 Å². The first-order chi connectivity index (χ1) is 20.5. The number of thiol groups is 1. The van der Waals surface area contributed by atoms with E-state index in [4.69, 9.17) is 11.6 Å². The number of carbonyl (C=O) groups excluding carboxylic acids is 1. The molecule has 0 fully saturated rings. The molecule has 2 aromatic heterocycles. The fraction of sp³-hybridized carbons (Fsp3) is 0.129. The Morgan fingerprint density at radius 2 is 1.52 bits per heavy atom. The van der Waals surface area contributed by atoms with E-state index in [1.165, 1.54) is 22.5 Å². The quantitative estimate of drug-likeness (QED) is 0.143. The van der Waals surface area contributed by atoms with Crippen molar-refractivity contribution in [3.05, 3.63) is 130 Å². The summed E-state index contributed by atoms with van der Waals surface area (Å²) in [5, 5.41) is 3.27. The second kappa shape index (κ2) is 14.2. The van der Waals surface area contributed by atoms with Crippen molar-refractivity contribution >= 4 is 50.8 Å². The first kappa shape index (κ1) is 29.4. The van der Waals surface area contributed by atoms with Gasteiger partial charge in [0.2, 0.25) is 10.9 Å². The Morgan fingerprint density at radius 1 is 0.881 bits per heavy atom. The van der Waals surface area contributed by atoms with Gasteiger partial charge in [0.05, 0.1) is 0 Å². The van der Waals surface area contributed by atoms with Crippen molar-refractivity contribution in [2.45, 2.75) is 18.9 Å². The molecule has 0 saturated heterocycles. The minimum absolute atomic E-state index is 0.0831. The van der Waals surface area contributed by atoms with Gasteiger partial charge in [-0.25, -0.2) is 27.9 Å². The predicted octanol–water partition coefficient (Wildman–Crippen LogP) is 6.74. The first-order valence-electron chi connectivity index (χ1n) is 13.2. The van der Waals surface area contributed by atoms with E-state index in [2.05, 4.69) is 44.3 Å². The van der Waals surface area contributed by atoms with E-state index >= 15 is 0 Å². The number of hydrogen-bond acceptors (Lipinski definition) is 6. The van der Waals surface area contributed by atoms with Gasteiger partial charge in [0.15, 0.2) is 5.13 Å². The summed E-state index contributed by atoms with van der Waals surface area (Å²) in [5.74, 6) is 0.613. The topological polar surface area (TPSA) is 104 Å². The molecule has 0 atom stereocenters. The molecular weight excluding hydrogens is 590 g/mol. The zero-order valence-corrected chi connectivity index (χ0v) is 24.9. The first-order valence-corrected chi connectivity index (χ1v) is 15.6. The van der Waals surface area contributed by atoms with Crippen LogP contribution in [0.25, 0.3) is 11.3 Å². The zero-order chi connectivity index (χ0) is 29.3. The van der Waals surface area contributed by atoms with Crippen LogP contribution >= 0.6 is 22.9 Å². The summed E-state index contributed by atoms with van der Waals surface area (Å²) in [4.78, 5) is 24.3. The van der Waals surface area contributed by atoms with Gasteiger partial charge in [0, 0.05) is 30.8 Å². The van der Waals surface area contributed by atoms with Crippen molar-refractivity contribution in [3.63, 3.8) is 0 Å². The molecule has 2 amide bonds. The van der Waals surface area contributed by atoms with Gasteiger partial charge in [-0.05, 0) is 35.2 Å². The normalized spacial score (nSPS) is 11.1. The fourth-order valence-electron chi connectivity index (χ4n) is 4.62. The highest BCUT2D eigenvalue weighted by molar-refractivity contribution is 7.70. The Labute approximate surface area is 255 Å². The molecule has 5 aromatic rings. The van der Waals surface area contributed by atoms with Gasteiger partial charge in [-0.3, -0.25) is 10.2 Å². The Hall–Kier alpha value is -4.09. The largest absolute Gasteiger partial charge is 0.329 e. The van der Waals surface area contributed by atoms with Crippen molar-refractivity contribution in [2.75, 3.05) is 16.8 Å². The lowest BCUT2D eigenvalue weighted by atomic mass is 9.88. The highest BCUT2D eigenvalue weighted by atomic mass is 35.5. The lowest BCUT2D eigenvalue weighted by molar-refractivity contribution is 0.256. The Morgan fingerprint density at radius 3 is 2.12 bits per heavy atom. The predicted molar refractivity (Wildman–Crippen MR) is 170 cm³/mol. The van der Waals surface area contributed by atoms with E-state index < -0.39 is 10.9 Å². The number of benzene rings is 3. The van der Waals surface area contributed by atoms with Crippen molar-refractivity contribution in [1.82, 2.24) is 14.7 Å². The molecule has 8 nitrogen and oxygen atoms in total. The number of urea groups is 1. The van der Waals surface area contributed by atoms with Crippen LogP contribution < -0.4 is 14.9 Å². The van der Waals surface area contributed by atoms with E-state index in [1.54, 1.807) is 29.3 Å². The average molecular weight is 618 g/mol. The molecule has 11 heteroatoms. The summed E-state index contributed by atoms with van der Waals surface area (Å²) in [6, 6.07) is 32.9. The van der Waals surface area contributed by atoms with E-state index in [0.29, 0.717) is 33.9 Å². The highest BCUT2D eigenvalue weighted by Gasteiger charge is 2.23. The standard InChI is InChI=1S/C31H28ClN5O3S2/c32-29-28(25-16-14-22(15-17-25)21-34-42(39)40)35-30(41-29)36-31(38)37(27-13-7-8-19-33-27)20-18-26(23-9-3-1-4-10-23)24-11-5-2-6-12-24/h1-17,19,26,42H,18,20-21H2,(H,34,39,40)(H,35,36,38). The van der Waals surface area contributed by atoms with Crippen LogP contribution in [0.4, 0.5) is 15.7 Å². The summed E-state index contributed by atoms with van der Waals surface area (Å²) in [6.07, 6.45) is 2.33. The maximum atomic E-state index is 13.7. The van der Waals surface area contributed by atoms with Gasteiger partial charge in [0.1, 0.15) is 15.8 Å². The number of carbonyl (C=O) groups is 1. The number of anilines is 2. The molecule has 42 heavy (non-hydrogen) atoms. The van der Waals surface area contributed by atoms with Gasteiger partial charge in [-0.2, -0.15) is 0 Å². The number of rotatable bonds is 11. The van der Waals surface area contributed by atoms with Gasteiger partial charge in [-0.1, -0.05) is 114 Å². The number of amides is 2. The van der Waals surface area contributed by atoms with Gasteiger partial charge in [0.25, 0.3) is 0 Å². The number of nitrogens with one attached hydrogen (secondary N) is 2. The number of halogens is 1. The molecule has 5 rings (SSSR count). The zero-order valence-electron chi connectivity index (χ0n) is 22.4. The molecule has 0 spiro atoms. The van der Waals surface area contributed by atoms with Gasteiger partial charge < -0.3 is 0 Å². The summed E-state index contributed by atoms with van der Waals surface area (Å²) in [5.41, 5.74) is 4.43. The number of nitrogens with zero attached hydrogens (tertiary/aromatic N) is 3. The van der Waals surface area contributed by atoms with Crippen LogP contribution in [0, 0.1) is 0 Å². The monoisotopic (exact) mass is 617 g/mol. The third-order valence-corrected chi connectivity index (χ3v) is 8.24. The van der Waals surface area contributed by atoms with E-state index in [-0.39, 0.29) is 18.5 Å². The van der Waals surface area contributed by atoms with Crippen LogP contribution in [0.1, 0.15) is 29.0 Å². The smallest absolute Gasteiger partial charge is 0.283 e. The highest BCUT2D eigenvalue weighted by Crippen LogP contribution is 2.36. The van der Waals surface area contributed by atoms with Crippen LogP contribution in [-0.2, 0) is 17.4 Å². The second-order valence-corrected chi connectivity index (χ2v) is 11.8. The Kier molecular flexibility index (Phi) is 9.94. The van der Waals surface area contributed by atoms with Crippen molar-refractivity contribution in [2.24, 2.45) is 0 Å². The second-order valence-electron chi connectivity index (χ2n) is 9.36. The average Bonchev–Trinajstić information content (AvgIpc) is 3.39. The molecule has 3 aromatic carbocycles. The molecule has 2 N–H and O–H groups in total. The van der Waals surface area contributed by atoms with E-state index in [9.17, 15) is 13.2 Å². The van der Waals surface area contributed by atoms with Crippen LogP contribution in [0.5, 0.6) is 0 Å². The number of thiazole rings is 1. The molecule has 214 valence electrons. The molecular formula is C31H28ClN5O3S2. The lowest BCUT2D eigenvalue weighted by Gasteiger charge is -2.25. The van der Waals surface area contributed by atoms with E-state index in [1.807, 2.05) is 60.7 Å². The SMILES string of the molecule is O=C(Nc1nc(-c2ccc(CN[SH](=O)=O)cc2)c(Cl)s1)N(CCC(c1ccccc1)c1ccccc1)c1ccccn1. The maximum absolute atomic E-state index is 13.7. The van der Waals surface area contributed by atoms with Crippen LogP contribution in [0.3, 0.4) is 0 Å². The fourth-order valence-corrected chi connectivity index (χ4v) is 6.00. The number of hydrogen-bond donors (Lipinski definition) is 3. The molecule has 0 aliphatic carbocycles. The lowest BCUT2D eigenvalue weighted by Crippen LogP contribution is -2.37. The third-order valence-electron chi connectivity index (χ3n) is 6.66. The number of pyridine rings is 1. The maximum Gasteiger partial charge on any atom is 0.329 e. The minimum atomic E-state index is -2.67. The minimum Gasteiger partial charge on any atom is -0.283 e. The summed E-state index contributed by atoms with van der Waals surface area (Å²) in [7, 11) is -2.67. The Bertz CT molecular complexity index is 1640. The third kappa shape index (κ3) is 7.59.